The number of hydrogen-bond donors (Lipinski definition) is 0. The second-order valence-corrected chi connectivity index (χ2v) is 6.88. The third-order valence-electron chi connectivity index (χ3n) is 5.10. The summed E-state index contributed by atoms with van der Waals surface area (Å²) in [6, 6.07) is 9.79. The van der Waals surface area contributed by atoms with Crippen LogP contribution in [-0.2, 0) is 30.3 Å². The number of hydrogen-bond acceptors (Lipinski definition) is 5. The first-order valence-corrected chi connectivity index (χ1v) is 8.83. The van der Waals surface area contributed by atoms with Crippen molar-refractivity contribution in [2.75, 3.05) is 7.11 Å². The van der Waals surface area contributed by atoms with E-state index in [4.69, 9.17) is 9.47 Å². The average Bonchev–Trinajstić information content (AvgIpc) is 2.66. The molecule has 1 aliphatic rings. The van der Waals surface area contributed by atoms with Crippen LogP contribution in [0.1, 0.15) is 38.7 Å². The Bertz CT molecular complexity index is 694. The van der Waals surface area contributed by atoms with Crippen LogP contribution in [0, 0.1) is 5.41 Å². The van der Waals surface area contributed by atoms with Gasteiger partial charge in [-0.1, -0.05) is 36.9 Å². The third kappa shape index (κ3) is 4.10. The first-order chi connectivity index (χ1) is 12.3. The minimum Gasteiger partial charge on any atom is -0.468 e. The topological polar surface area (TPSA) is 69.7 Å². The number of benzene rings is 1. The van der Waals surface area contributed by atoms with E-state index in [1.54, 1.807) is 6.92 Å². The molecule has 5 nitrogen and oxygen atoms in total. The minimum atomic E-state index is -1.46. The van der Waals surface area contributed by atoms with Crippen molar-refractivity contribution in [3.8, 4) is 0 Å². The summed E-state index contributed by atoms with van der Waals surface area (Å²) in [4.78, 5) is 37.2. The predicted octanol–water partition coefficient (Wildman–Crippen LogP) is 3.06. The number of carbonyl (C=O) groups is 3. The van der Waals surface area contributed by atoms with Crippen LogP contribution in [0.4, 0.5) is 0 Å². The van der Waals surface area contributed by atoms with Gasteiger partial charge in [-0.05, 0) is 32.3 Å². The van der Waals surface area contributed by atoms with Gasteiger partial charge in [-0.3, -0.25) is 14.4 Å². The van der Waals surface area contributed by atoms with Crippen molar-refractivity contribution in [1.29, 1.82) is 0 Å². The Morgan fingerprint density at radius 2 is 1.88 bits per heavy atom. The number of ether oxygens (including phenoxy) is 2. The molecule has 0 saturated carbocycles. The van der Waals surface area contributed by atoms with Gasteiger partial charge < -0.3 is 9.47 Å². The molecule has 5 heteroatoms. The van der Waals surface area contributed by atoms with Crippen molar-refractivity contribution in [3.05, 3.63) is 48.0 Å². The highest BCUT2D eigenvalue weighted by Gasteiger charge is 2.54. The van der Waals surface area contributed by atoms with Gasteiger partial charge in [0, 0.05) is 18.4 Å². The smallest absolute Gasteiger partial charge is 0.322 e. The van der Waals surface area contributed by atoms with E-state index in [0.717, 1.165) is 5.56 Å². The highest BCUT2D eigenvalue weighted by atomic mass is 16.5. The quantitative estimate of drug-likeness (QED) is 0.426. The lowest BCUT2D eigenvalue weighted by molar-refractivity contribution is -0.175. The van der Waals surface area contributed by atoms with Gasteiger partial charge in [-0.2, -0.15) is 0 Å². The predicted molar refractivity (Wildman–Crippen MR) is 97.6 cm³/mol. The van der Waals surface area contributed by atoms with E-state index in [1.165, 1.54) is 14.0 Å². The molecule has 1 aromatic carbocycles. The Kier molecular flexibility index (Phi) is 6.48. The molecule has 0 amide bonds. The molecule has 1 aromatic rings. The van der Waals surface area contributed by atoms with Crippen LogP contribution in [0.3, 0.4) is 0 Å². The molecule has 26 heavy (non-hydrogen) atoms. The highest BCUT2D eigenvalue weighted by Crippen LogP contribution is 2.39. The number of methoxy groups -OCH3 is 1. The minimum absolute atomic E-state index is 0.0779. The molecule has 1 aliphatic heterocycles. The van der Waals surface area contributed by atoms with Crippen LogP contribution < -0.4 is 0 Å². The number of aryl methyl sites for hydroxylation is 1. The van der Waals surface area contributed by atoms with Crippen LogP contribution >= 0.6 is 0 Å². The van der Waals surface area contributed by atoms with Gasteiger partial charge in [-0.25, -0.2) is 0 Å². The molecule has 0 aliphatic carbocycles. The molecule has 0 N–H and O–H groups in total. The van der Waals surface area contributed by atoms with Crippen molar-refractivity contribution < 1.29 is 23.9 Å². The number of carbonyl (C=O) groups excluding carboxylic acids is 3. The van der Waals surface area contributed by atoms with Crippen LogP contribution in [-0.4, -0.2) is 36.9 Å². The molecule has 140 valence electrons. The molecular formula is C21H26O5. The standard InChI is InChI=1S/C21H26O5/c1-14-15(2)26-18(21(3,19(14)23)20(24)25-4)13-12-17(22)11-10-16-8-6-5-7-9-16/h5-9,15,18H,1,10-13H2,2-4H3/t15-,18+,21-/m1/s1. The van der Waals surface area contributed by atoms with Gasteiger partial charge in [-0.15, -0.1) is 0 Å². The molecule has 2 rings (SSSR count). The fourth-order valence-corrected chi connectivity index (χ4v) is 3.27. The lowest BCUT2D eigenvalue weighted by Gasteiger charge is -2.41. The molecular weight excluding hydrogens is 332 g/mol. The molecule has 3 atom stereocenters. The van der Waals surface area contributed by atoms with Crippen molar-refractivity contribution in [2.45, 2.75) is 51.7 Å². The Morgan fingerprint density at radius 3 is 2.50 bits per heavy atom. The second kappa shape index (κ2) is 8.41. The van der Waals surface area contributed by atoms with E-state index in [0.29, 0.717) is 19.3 Å². The number of Topliss-reactive ketones (excluding diaryl/α,β-unsaturated/α-hetero) is 2. The van der Waals surface area contributed by atoms with Gasteiger partial charge in [0.25, 0.3) is 0 Å². The Hall–Kier alpha value is -2.27. The molecule has 0 unspecified atom stereocenters. The van der Waals surface area contributed by atoms with Crippen LogP contribution in [0.5, 0.6) is 0 Å². The van der Waals surface area contributed by atoms with E-state index >= 15 is 0 Å². The molecule has 0 radical (unpaired) electrons. The summed E-state index contributed by atoms with van der Waals surface area (Å²) in [6.45, 7) is 6.97. The van der Waals surface area contributed by atoms with Gasteiger partial charge in [0.2, 0.25) is 0 Å². The van der Waals surface area contributed by atoms with Crippen molar-refractivity contribution in [1.82, 2.24) is 0 Å². The second-order valence-electron chi connectivity index (χ2n) is 6.88. The Labute approximate surface area is 154 Å². The number of ketones is 2. The zero-order chi connectivity index (χ0) is 19.3. The third-order valence-corrected chi connectivity index (χ3v) is 5.10. The monoisotopic (exact) mass is 358 g/mol. The summed E-state index contributed by atoms with van der Waals surface area (Å²) in [5.74, 6) is -0.948. The summed E-state index contributed by atoms with van der Waals surface area (Å²) < 4.78 is 10.7. The van der Waals surface area contributed by atoms with E-state index in [2.05, 4.69) is 6.58 Å². The molecule has 0 spiro atoms. The molecule has 1 heterocycles. The van der Waals surface area contributed by atoms with Crippen LogP contribution in [0.2, 0.25) is 0 Å². The van der Waals surface area contributed by atoms with Crippen molar-refractivity contribution >= 4 is 17.5 Å². The summed E-state index contributed by atoms with van der Waals surface area (Å²) in [7, 11) is 1.24. The van der Waals surface area contributed by atoms with Crippen LogP contribution in [0.15, 0.2) is 42.5 Å². The fraction of sp³-hybridized carbons (Fsp3) is 0.476. The lowest BCUT2D eigenvalue weighted by Crippen LogP contribution is -2.55. The van der Waals surface area contributed by atoms with Gasteiger partial charge in [0.1, 0.15) is 5.78 Å². The van der Waals surface area contributed by atoms with E-state index in [-0.39, 0.29) is 23.6 Å². The molecule has 0 bridgehead atoms. The Morgan fingerprint density at radius 1 is 1.23 bits per heavy atom. The summed E-state index contributed by atoms with van der Waals surface area (Å²) in [5.41, 5.74) is -0.100. The van der Waals surface area contributed by atoms with Gasteiger partial charge in [0.05, 0.1) is 19.3 Å². The van der Waals surface area contributed by atoms with E-state index < -0.39 is 23.6 Å². The van der Waals surface area contributed by atoms with E-state index in [9.17, 15) is 14.4 Å². The van der Waals surface area contributed by atoms with Gasteiger partial charge >= 0.3 is 5.97 Å². The largest absolute Gasteiger partial charge is 0.468 e. The van der Waals surface area contributed by atoms with Crippen molar-refractivity contribution in [2.24, 2.45) is 5.41 Å². The Balaban J connectivity index is 2.01. The zero-order valence-electron chi connectivity index (χ0n) is 15.6. The lowest BCUT2D eigenvalue weighted by atomic mass is 9.72. The fourth-order valence-electron chi connectivity index (χ4n) is 3.27. The molecule has 1 saturated heterocycles. The van der Waals surface area contributed by atoms with Crippen LogP contribution in [0.25, 0.3) is 0 Å². The number of esters is 1. The normalized spacial score (nSPS) is 25.8. The van der Waals surface area contributed by atoms with Gasteiger partial charge in [0.15, 0.2) is 11.2 Å². The molecule has 0 aromatic heterocycles. The van der Waals surface area contributed by atoms with Crippen molar-refractivity contribution in [3.63, 3.8) is 0 Å². The van der Waals surface area contributed by atoms with E-state index in [1.807, 2.05) is 30.3 Å². The maximum atomic E-state index is 12.7. The summed E-state index contributed by atoms with van der Waals surface area (Å²) >= 11 is 0. The summed E-state index contributed by atoms with van der Waals surface area (Å²) in [5, 5.41) is 0. The number of rotatable bonds is 7. The first-order valence-electron chi connectivity index (χ1n) is 8.83. The maximum absolute atomic E-state index is 12.7. The SMILES string of the molecule is C=C1C(=O)[C@](C)(C(=O)OC)[C@H](CCC(=O)CCc2ccccc2)O[C@@H]1C. The average molecular weight is 358 g/mol. The zero-order valence-corrected chi connectivity index (χ0v) is 15.6. The maximum Gasteiger partial charge on any atom is 0.322 e. The highest BCUT2D eigenvalue weighted by molar-refractivity contribution is 6.13. The first kappa shape index (κ1) is 20.0. The molecule has 1 fully saturated rings. The summed E-state index contributed by atoms with van der Waals surface area (Å²) in [6.07, 6.45) is 0.445.